The molecule has 1 aromatic rings. The second-order valence-corrected chi connectivity index (χ2v) is 7.20. The molecule has 0 bridgehead atoms. The van der Waals surface area contributed by atoms with Crippen LogP contribution in [0.15, 0.2) is 17.1 Å². The number of nitrogens with one attached hydrogen (secondary N) is 1. The topological polar surface area (TPSA) is 46.1 Å². The Morgan fingerprint density at radius 1 is 1.30 bits per heavy atom. The minimum absolute atomic E-state index is 0. The lowest BCUT2D eigenvalue weighted by atomic mass is 10.1. The Balaban J connectivity index is 0.00000364. The first-order valence-electron chi connectivity index (χ1n) is 9.78. The number of rotatable bonds is 8. The van der Waals surface area contributed by atoms with Gasteiger partial charge in [0, 0.05) is 45.6 Å². The number of ether oxygens (including phenoxy) is 2. The van der Waals surface area contributed by atoms with Crippen LogP contribution in [0.5, 0.6) is 5.75 Å². The molecule has 0 amide bonds. The van der Waals surface area contributed by atoms with Gasteiger partial charge in [-0.2, -0.15) is 0 Å². The van der Waals surface area contributed by atoms with Crippen molar-refractivity contribution in [3.8, 4) is 5.75 Å². The van der Waals surface area contributed by atoms with E-state index >= 15 is 0 Å². The van der Waals surface area contributed by atoms with Crippen molar-refractivity contribution in [3.05, 3.63) is 28.8 Å². The van der Waals surface area contributed by atoms with Crippen LogP contribution < -0.4 is 10.1 Å². The Morgan fingerprint density at radius 3 is 2.78 bits per heavy atom. The van der Waals surface area contributed by atoms with Gasteiger partial charge in [-0.15, -0.1) is 24.0 Å². The highest BCUT2D eigenvalue weighted by Gasteiger charge is 2.24. The number of likely N-dealkylation sites (tertiary alicyclic amines) is 1. The van der Waals surface area contributed by atoms with Crippen LogP contribution in [0.3, 0.4) is 0 Å². The Bertz CT molecular complexity index is 607. The molecule has 2 rings (SSSR count). The van der Waals surface area contributed by atoms with Crippen molar-refractivity contribution in [1.29, 1.82) is 0 Å². The molecule has 1 atom stereocenters. The number of halogens is 1. The number of guanidine groups is 1. The van der Waals surface area contributed by atoms with E-state index in [0.717, 1.165) is 50.9 Å². The van der Waals surface area contributed by atoms with Crippen LogP contribution in [0.2, 0.25) is 0 Å². The molecular weight excluding hydrogens is 453 g/mol. The Hall–Kier alpha value is -1.02. The van der Waals surface area contributed by atoms with Crippen LogP contribution in [0, 0.1) is 26.7 Å². The summed E-state index contributed by atoms with van der Waals surface area (Å²) in [5, 5.41) is 3.41. The maximum atomic E-state index is 5.99. The van der Waals surface area contributed by atoms with Crippen LogP contribution in [0.4, 0.5) is 0 Å². The predicted molar refractivity (Wildman–Crippen MR) is 124 cm³/mol. The van der Waals surface area contributed by atoms with Crippen molar-refractivity contribution in [2.45, 2.75) is 40.5 Å². The van der Waals surface area contributed by atoms with Crippen LogP contribution >= 0.6 is 24.0 Å². The van der Waals surface area contributed by atoms with E-state index in [1.807, 2.05) is 0 Å². The maximum Gasteiger partial charge on any atom is 0.193 e. The number of methoxy groups -OCH3 is 1. The predicted octanol–water partition coefficient (Wildman–Crippen LogP) is 3.93. The number of hydrogen-bond donors (Lipinski definition) is 1. The molecule has 0 radical (unpaired) electrons. The average molecular weight is 489 g/mol. The zero-order chi connectivity index (χ0) is 18.9. The van der Waals surface area contributed by atoms with E-state index in [4.69, 9.17) is 14.5 Å². The lowest BCUT2D eigenvalue weighted by Gasteiger charge is -2.21. The first kappa shape index (κ1) is 24.0. The first-order chi connectivity index (χ1) is 12.5. The number of hydrogen-bond acceptors (Lipinski definition) is 3. The highest BCUT2D eigenvalue weighted by atomic mass is 127. The summed E-state index contributed by atoms with van der Waals surface area (Å²) >= 11 is 0. The van der Waals surface area contributed by atoms with Crippen molar-refractivity contribution in [3.63, 3.8) is 0 Å². The second kappa shape index (κ2) is 12.4. The molecule has 1 heterocycles. The van der Waals surface area contributed by atoms with Gasteiger partial charge in [0.05, 0.1) is 13.2 Å². The molecule has 1 saturated heterocycles. The fraction of sp³-hybridized carbons (Fsp3) is 0.667. The Kier molecular flexibility index (Phi) is 11.1. The largest absolute Gasteiger partial charge is 0.493 e. The molecule has 0 spiro atoms. The lowest BCUT2D eigenvalue weighted by Crippen LogP contribution is -2.40. The molecule has 1 unspecified atom stereocenters. The van der Waals surface area contributed by atoms with Gasteiger partial charge in [-0.25, -0.2) is 0 Å². The van der Waals surface area contributed by atoms with Gasteiger partial charge in [-0.3, -0.25) is 4.99 Å². The van der Waals surface area contributed by atoms with Gasteiger partial charge in [0.15, 0.2) is 5.96 Å². The highest BCUT2D eigenvalue weighted by molar-refractivity contribution is 14.0. The van der Waals surface area contributed by atoms with E-state index in [9.17, 15) is 0 Å². The Morgan fingerprint density at radius 2 is 2.07 bits per heavy atom. The fourth-order valence-corrected chi connectivity index (χ4v) is 3.40. The molecule has 6 heteroatoms. The summed E-state index contributed by atoms with van der Waals surface area (Å²) < 4.78 is 11.3. The molecule has 1 N–H and O–H groups in total. The second-order valence-electron chi connectivity index (χ2n) is 7.20. The summed E-state index contributed by atoms with van der Waals surface area (Å²) in [4.78, 5) is 7.14. The van der Waals surface area contributed by atoms with Gasteiger partial charge in [0.1, 0.15) is 5.75 Å². The van der Waals surface area contributed by atoms with Crippen molar-refractivity contribution < 1.29 is 9.47 Å². The zero-order valence-corrected chi connectivity index (χ0v) is 19.8. The molecule has 1 aliphatic heterocycles. The van der Waals surface area contributed by atoms with Gasteiger partial charge >= 0.3 is 0 Å². The van der Waals surface area contributed by atoms with Crippen LogP contribution in [-0.2, 0) is 4.74 Å². The normalized spacial score (nSPS) is 17.0. The van der Waals surface area contributed by atoms with Crippen LogP contribution in [-0.4, -0.2) is 57.4 Å². The SMILES string of the molecule is CCNC(=NCCCOc1cc(C)cc(C)c1C)N1CCC(COC)C1.I. The van der Waals surface area contributed by atoms with Crippen molar-refractivity contribution in [2.24, 2.45) is 10.9 Å². The molecule has 0 aromatic heterocycles. The summed E-state index contributed by atoms with van der Waals surface area (Å²) in [5.74, 6) is 2.63. The molecule has 1 aliphatic rings. The highest BCUT2D eigenvalue weighted by Crippen LogP contribution is 2.23. The van der Waals surface area contributed by atoms with E-state index in [0.29, 0.717) is 12.5 Å². The first-order valence-corrected chi connectivity index (χ1v) is 9.78. The van der Waals surface area contributed by atoms with Crippen molar-refractivity contribution in [2.75, 3.05) is 46.5 Å². The number of aryl methyl sites for hydroxylation is 2. The van der Waals surface area contributed by atoms with Gasteiger partial charge in [-0.1, -0.05) is 6.07 Å². The minimum Gasteiger partial charge on any atom is -0.493 e. The summed E-state index contributed by atoms with van der Waals surface area (Å²) in [6.45, 7) is 13.8. The van der Waals surface area contributed by atoms with Gasteiger partial charge in [0.25, 0.3) is 0 Å². The molecule has 27 heavy (non-hydrogen) atoms. The maximum absolute atomic E-state index is 5.99. The van der Waals surface area contributed by atoms with Crippen LogP contribution in [0.25, 0.3) is 0 Å². The summed E-state index contributed by atoms with van der Waals surface area (Å²) in [5.41, 5.74) is 3.76. The van der Waals surface area contributed by atoms with Gasteiger partial charge < -0.3 is 19.7 Å². The van der Waals surface area contributed by atoms with E-state index < -0.39 is 0 Å². The van der Waals surface area contributed by atoms with Crippen LogP contribution in [0.1, 0.15) is 36.5 Å². The molecular formula is C21H36IN3O2. The van der Waals surface area contributed by atoms with Gasteiger partial charge in [0.2, 0.25) is 0 Å². The van der Waals surface area contributed by atoms with E-state index in [1.165, 1.54) is 23.1 Å². The number of nitrogens with zero attached hydrogens (tertiary/aromatic N) is 2. The third-order valence-electron chi connectivity index (χ3n) is 4.91. The third kappa shape index (κ3) is 7.49. The van der Waals surface area contributed by atoms with E-state index in [-0.39, 0.29) is 24.0 Å². The fourth-order valence-electron chi connectivity index (χ4n) is 3.40. The minimum atomic E-state index is 0. The van der Waals surface area contributed by atoms with E-state index in [1.54, 1.807) is 7.11 Å². The molecule has 154 valence electrons. The summed E-state index contributed by atoms with van der Waals surface area (Å²) in [6, 6.07) is 4.32. The molecule has 0 aliphatic carbocycles. The smallest absolute Gasteiger partial charge is 0.193 e. The quantitative estimate of drug-likeness (QED) is 0.260. The zero-order valence-electron chi connectivity index (χ0n) is 17.5. The Labute approximate surface area is 181 Å². The van der Waals surface area contributed by atoms with Crippen molar-refractivity contribution in [1.82, 2.24) is 10.2 Å². The molecule has 0 saturated carbocycles. The average Bonchev–Trinajstić information content (AvgIpc) is 3.06. The summed E-state index contributed by atoms with van der Waals surface area (Å²) in [6.07, 6.45) is 2.09. The standard InChI is InChI=1S/C21H35N3O2.HI/c1-6-22-21(24-10-8-19(14-24)15-25-5)23-9-7-11-26-20-13-16(2)12-17(3)18(20)4;/h12-13,19H,6-11,14-15H2,1-5H3,(H,22,23);1H. The van der Waals surface area contributed by atoms with Crippen molar-refractivity contribution >= 4 is 29.9 Å². The molecule has 1 fully saturated rings. The van der Waals surface area contributed by atoms with Gasteiger partial charge in [-0.05, 0) is 56.9 Å². The van der Waals surface area contributed by atoms with E-state index in [2.05, 4.69) is 50.0 Å². The molecule has 5 nitrogen and oxygen atoms in total. The lowest BCUT2D eigenvalue weighted by molar-refractivity contribution is 0.157. The molecule has 1 aromatic carbocycles. The summed E-state index contributed by atoms with van der Waals surface area (Å²) in [7, 11) is 1.78. The third-order valence-corrected chi connectivity index (χ3v) is 4.91. The number of benzene rings is 1. The number of aliphatic imine (C=N–C) groups is 1. The monoisotopic (exact) mass is 489 g/mol.